The average Bonchev–Trinajstić information content (AvgIpc) is 3.23. The highest BCUT2D eigenvalue weighted by molar-refractivity contribution is 5.76. The van der Waals surface area contributed by atoms with Gasteiger partial charge in [0, 0.05) is 44.8 Å². The number of nitrogens with zero attached hydrogens (tertiary/aromatic N) is 5. The van der Waals surface area contributed by atoms with Crippen LogP contribution in [-0.2, 0) is 0 Å². The van der Waals surface area contributed by atoms with E-state index in [1.807, 2.05) is 9.80 Å². The number of anilines is 1. The molecule has 0 saturated carbocycles. The van der Waals surface area contributed by atoms with Gasteiger partial charge in [-0.1, -0.05) is 0 Å². The van der Waals surface area contributed by atoms with Crippen LogP contribution >= 0.6 is 0 Å². The topological polar surface area (TPSA) is 52.6 Å². The van der Waals surface area contributed by atoms with Crippen molar-refractivity contribution in [2.45, 2.75) is 12.8 Å². The molecule has 0 spiro atoms. The van der Waals surface area contributed by atoms with Gasteiger partial charge >= 0.3 is 6.03 Å². The molecule has 2 aromatic rings. The fourth-order valence-corrected chi connectivity index (χ4v) is 3.63. The van der Waals surface area contributed by atoms with Crippen molar-refractivity contribution in [2.75, 3.05) is 44.2 Å². The predicted octanol–water partition coefficient (Wildman–Crippen LogP) is 2.62. The maximum Gasteiger partial charge on any atom is 0.320 e. The lowest BCUT2D eigenvalue weighted by molar-refractivity contribution is 0.159. The summed E-state index contributed by atoms with van der Waals surface area (Å²) in [6, 6.07) is 6.50. The Morgan fingerprint density at radius 1 is 0.923 bits per heavy atom. The lowest BCUT2D eigenvalue weighted by Crippen LogP contribution is -2.52. The molecule has 2 aliphatic rings. The molecule has 0 radical (unpaired) electrons. The zero-order valence-corrected chi connectivity index (χ0v) is 14.6. The molecule has 6 nitrogen and oxygen atoms in total. The Bertz CT molecular complexity index is 768. The molecule has 3 heterocycles. The molecule has 2 aliphatic heterocycles. The van der Waals surface area contributed by atoms with E-state index in [1.54, 1.807) is 18.3 Å². The van der Waals surface area contributed by atoms with Crippen LogP contribution in [-0.4, -0.2) is 65.1 Å². The predicted molar refractivity (Wildman–Crippen MR) is 97.4 cm³/mol. The van der Waals surface area contributed by atoms with Crippen molar-refractivity contribution in [3.05, 3.63) is 42.6 Å². The first-order valence-electron chi connectivity index (χ1n) is 9.07. The number of carbonyl (C=O) groups is 1. The molecule has 26 heavy (non-hydrogen) atoms. The summed E-state index contributed by atoms with van der Waals surface area (Å²) in [5.74, 6) is -0.265. The summed E-state index contributed by atoms with van der Waals surface area (Å²) >= 11 is 0. The van der Waals surface area contributed by atoms with Crippen molar-refractivity contribution < 1.29 is 9.18 Å². The van der Waals surface area contributed by atoms with Crippen LogP contribution in [0.3, 0.4) is 0 Å². The normalized spacial score (nSPS) is 17.7. The number of urea groups is 1. The van der Waals surface area contributed by atoms with E-state index in [9.17, 15) is 9.18 Å². The van der Waals surface area contributed by atoms with E-state index < -0.39 is 0 Å². The molecule has 2 amide bonds. The quantitative estimate of drug-likeness (QED) is 0.831. The minimum atomic E-state index is -0.265. The van der Waals surface area contributed by atoms with Gasteiger partial charge < -0.3 is 14.7 Å². The number of halogens is 1. The summed E-state index contributed by atoms with van der Waals surface area (Å²) in [4.78, 5) is 27.2. The van der Waals surface area contributed by atoms with Gasteiger partial charge in [-0.25, -0.2) is 19.2 Å². The van der Waals surface area contributed by atoms with Gasteiger partial charge in [-0.2, -0.15) is 0 Å². The first-order valence-corrected chi connectivity index (χ1v) is 9.07. The lowest BCUT2D eigenvalue weighted by atomic mass is 10.1. The second-order valence-corrected chi connectivity index (χ2v) is 6.71. The number of hydrogen-bond acceptors (Lipinski definition) is 4. The summed E-state index contributed by atoms with van der Waals surface area (Å²) in [5, 5.41) is 0. The number of rotatable bonds is 2. The molecule has 0 unspecified atom stereocenters. The highest BCUT2D eigenvalue weighted by atomic mass is 19.1. The Kier molecular flexibility index (Phi) is 4.69. The van der Waals surface area contributed by atoms with Crippen LogP contribution in [0.15, 0.2) is 36.8 Å². The molecule has 4 rings (SSSR count). The summed E-state index contributed by atoms with van der Waals surface area (Å²) in [6.07, 6.45) is 5.52. The Morgan fingerprint density at radius 2 is 1.58 bits per heavy atom. The second-order valence-electron chi connectivity index (χ2n) is 6.71. The smallest absolute Gasteiger partial charge is 0.320 e. The molecule has 0 N–H and O–H groups in total. The largest absolute Gasteiger partial charge is 0.365 e. The molecule has 136 valence electrons. The van der Waals surface area contributed by atoms with Crippen LogP contribution in [0.1, 0.15) is 12.8 Å². The third-order valence-corrected chi connectivity index (χ3v) is 5.08. The minimum Gasteiger partial charge on any atom is -0.365 e. The standard InChI is InChI=1S/C19H22FN5O/c20-16-5-3-15(4-6-16)18-17(13-21-14-22-18)23-9-11-25(12-10-23)19(26)24-7-1-2-8-24/h3-6,13-14H,1-2,7-12H2. The maximum absolute atomic E-state index is 13.2. The summed E-state index contributed by atoms with van der Waals surface area (Å²) in [5.41, 5.74) is 2.58. The first-order chi connectivity index (χ1) is 12.7. The van der Waals surface area contributed by atoms with Crippen LogP contribution < -0.4 is 4.90 Å². The number of piperazine rings is 1. The Morgan fingerprint density at radius 3 is 2.27 bits per heavy atom. The first kappa shape index (κ1) is 16.8. The van der Waals surface area contributed by atoms with Gasteiger partial charge in [0.15, 0.2) is 0 Å². The van der Waals surface area contributed by atoms with Gasteiger partial charge in [-0.3, -0.25) is 0 Å². The Hall–Kier alpha value is -2.70. The highest BCUT2D eigenvalue weighted by Crippen LogP contribution is 2.29. The molecule has 2 saturated heterocycles. The van der Waals surface area contributed by atoms with Crippen molar-refractivity contribution in [3.8, 4) is 11.3 Å². The van der Waals surface area contributed by atoms with Crippen molar-refractivity contribution in [1.29, 1.82) is 0 Å². The number of carbonyl (C=O) groups excluding carboxylic acids is 1. The van der Waals surface area contributed by atoms with Crippen LogP contribution in [0.5, 0.6) is 0 Å². The second kappa shape index (κ2) is 7.27. The van der Waals surface area contributed by atoms with E-state index in [0.29, 0.717) is 13.1 Å². The van der Waals surface area contributed by atoms with Gasteiger partial charge in [-0.15, -0.1) is 0 Å². The van der Waals surface area contributed by atoms with E-state index in [2.05, 4.69) is 14.9 Å². The third-order valence-electron chi connectivity index (χ3n) is 5.08. The van der Waals surface area contributed by atoms with Crippen LogP contribution in [0.25, 0.3) is 11.3 Å². The summed E-state index contributed by atoms with van der Waals surface area (Å²) in [7, 11) is 0. The van der Waals surface area contributed by atoms with Gasteiger partial charge in [-0.05, 0) is 37.1 Å². The van der Waals surface area contributed by atoms with Crippen molar-refractivity contribution in [2.24, 2.45) is 0 Å². The highest BCUT2D eigenvalue weighted by Gasteiger charge is 2.27. The fourth-order valence-electron chi connectivity index (χ4n) is 3.63. The molecule has 0 atom stereocenters. The maximum atomic E-state index is 13.2. The van der Waals surface area contributed by atoms with Gasteiger partial charge in [0.1, 0.15) is 12.1 Å². The summed E-state index contributed by atoms with van der Waals surface area (Å²) in [6.45, 7) is 4.60. The van der Waals surface area contributed by atoms with Crippen LogP contribution in [0, 0.1) is 5.82 Å². The van der Waals surface area contributed by atoms with E-state index in [1.165, 1.54) is 18.5 Å². The zero-order valence-electron chi connectivity index (χ0n) is 14.6. The molecule has 7 heteroatoms. The SMILES string of the molecule is O=C(N1CCCC1)N1CCN(c2cncnc2-c2ccc(F)cc2)CC1. The molecule has 1 aromatic heterocycles. The minimum absolute atomic E-state index is 0.158. The van der Waals surface area contributed by atoms with Gasteiger partial charge in [0.05, 0.1) is 17.6 Å². The fraction of sp³-hybridized carbons (Fsp3) is 0.421. The average molecular weight is 355 g/mol. The molecule has 0 aliphatic carbocycles. The zero-order chi connectivity index (χ0) is 17.9. The molecular weight excluding hydrogens is 333 g/mol. The number of aromatic nitrogens is 2. The Balaban J connectivity index is 1.48. The number of hydrogen-bond donors (Lipinski definition) is 0. The van der Waals surface area contributed by atoms with Crippen LogP contribution in [0.4, 0.5) is 14.9 Å². The van der Waals surface area contributed by atoms with E-state index in [-0.39, 0.29) is 11.8 Å². The van der Waals surface area contributed by atoms with E-state index in [4.69, 9.17) is 0 Å². The van der Waals surface area contributed by atoms with Crippen molar-refractivity contribution in [1.82, 2.24) is 19.8 Å². The molecule has 0 bridgehead atoms. The van der Waals surface area contributed by atoms with E-state index in [0.717, 1.165) is 56.0 Å². The van der Waals surface area contributed by atoms with Crippen LogP contribution in [0.2, 0.25) is 0 Å². The van der Waals surface area contributed by atoms with E-state index >= 15 is 0 Å². The van der Waals surface area contributed by atoms with Crippen molar-refractivity contribution >= 4 is 11.7 Å². The molecule has 2 fully saturated rings. The van der Waals surface area contributed by atoms with Gasteiger partial charge in [0.2, 0.25) is 0 Å². The third kappa shape index (κ3) is 3.34. The number of amides is 2. The molecule has 1 aromatic carbocycles. The van der Waals surface area contributed by atoms with Gasteiger partial charge in [0.25, 0.3) is 0 Å². The summed E-state index contributed by atoms with van der Waals surface area (Å²) < 4.78 is 13.2. The molecular formula is C19H22FN5O. The van der Waals surface area contributed by atoms with Crippen molar-refractivity contribution in [3.63, 3.8) is 0 Å². The lowest BCUT2D eigenvalue weighted by Gasteiger charge is -2.38. The number of likely N-dealkylation sites (tertiary alicyclic amines) is 1. The Labute approximate surface area is 152 Å². The monoisotopic (exact) mass is 355 g/mol. The number of benzene rings is 1.